The average molecular weight is 224 g/mol. The molecule has 0 spiro atoms. The molecule has 0 heterocycles. The minimum Gasteiger partial charge on any atom is -0.206 e. The largest absolute Gasteiger partial charge is 0.446 e. The number of aryl methyl sites for hydroxylation is 1. The van der Waals surface area contributed by atoms with Crippen molar-refractivity contribution in [3.8, 4) is 0 Å². The van der Waals surface area contributed by atoms with Crippen LogP contribution < -0.4 is 0 Å². The second kappa shape index (κ2) is 4.21. The highest BCUT2D eigenvalue weighted by molar-refractivity contribution is 8.00. The Morgan fingerprint density at radius 1 is 1.29 bits per heavy atom. The van der Waals surface area contributed by atoms with Crippen molar-refractivity contribution in [2.24, 2.45) is 0 Å². The quantitative estimate of drug-likeness (QED) is 0.540. The topological polar surface area (TPSA) is 0 Å². The van der Waals surface area contributed by atoms with E-state index in [0.29, 0.717) is 12.0 Å². The Hall–Kier alpha value is -0.710. The van der Waals surface area contributed by atoms with Crippen LogP contribution in [0.15, 0.2) is 23.1 Å². The van der Waals surface area contributed by atoms with Crippen LogP contribution in [0.25, 0.3) is 0 Å². The fourth-order valence-electron chi connectivity index (χ4n) is 0.971. The summed E-state index contributed by atoms with van der Waals surface area (Å²) in [5.41, 5.74) is -3.74. The van der Waals surface area contributed by atoms with Crippen LogP contribution in [0.3, 0.4) is 0 Å². The summed E-state index contributed by atoms with van der Waals surface area (Å²) in [4.78, 5) is -0.364. The summed E-state index contributed by atoms with van der Waals surface area (Å²) in [6.07, 6.45) is 0.589. The highest BCUT2D eigenvalue weighted by Crippen LogP contribution is 2.38. The predicted molar refractivity (Wildman–Crippen MR) is 47.7 cm³/mol. The van der Waals surface area contributed by atoms with E-state index >= 15 is 0 Å². The van der Waals surface area contributed by atoms with Crippen LogP contribution in [0.5, 0.6) is 0 Å². The minimum absolute atomic E-state index is 0.364. The van der Waals surface area contributed by atoms with E-state index in [0.717, 1.165) is 6.07 Å². The summed E-state index contributed by atoms with van der Waals surface area (Å²) in [6, 6.07) is 3.77. The summed E-state index contributed by atoms with van der Waals surface area (Å²) in [6.45, 7) is 1.80. The van der Waals surface area contributed by atoms with Crippen molar-refractivity contribution in [3.05, 3.63) is 29.6 Å². The van der Waals surface area contributed by atoms with Crippen molar-refractivity contribution in [3.63, 3.8) is 0 Å². The number of rotatable bonds is 2. The van der Waals surface area contributed by atoms with E-state index in [1.54, 1.807) is 6.92 Å². The summed E-state index contributed by atoms with van der Waals surface area (Å²) in [5, 5.41) is 0. The predicted octanol–water partition coefficient (Wildman–Crippen LogP) is 4.00. The van der Waals surface area contributed by atoms with E-state index in [9.17, 15) is 17.6 Å². The second-order valence-corrected chi connectivity index (χ2v) is 3.77. The van der Waals surface area contributed by atoms with Gasteiger partial charge in [-0.1, -0.05) is 13.0 Å². The lowest BCUT2D eigenvalue weighted by atomic mass is 10.2. The van der Waals surface area contributed by atoms with E-state index in [2.05, 4.69) is 0 Å². The molecule has 0 unspecified atom stereocenters. The molecular formula is C9H8F4S. The zero-order valence-electron chi connectivity index (χ0n) is 7.36. The summed E-state index contributed by atoms with van der Waals surface area (Å²) >= 11 is -0.418. The molecule has 0 saturated heterocycles. The van der Waals surface area contributed by atoms with Gasteiger partial charge in [-0.25, -0.2) is 4.39 Å². The van der Waals surface area contributed by atoms with Gasteiger partial charge in [-0.2, -0.15) is 13.2 Å². The molecule has 0 aliphatic heterocycles. The van der Waals surface area contributed by atoms with E-state index in [4.69, 9.17) is 0 Å². The van der Waals surface area contributed by atoms with Gasteiger partial charge in [-0.3, -0.25) is 0 Å². The molecule has 0 amide bonds. The minimum atomic E-state index is -4.44. The van der Waals surface area contributed by atoms with Crippen molar-refractivity contribution in [2.75, 3.05) is 0 Å². The molecule has 0 fully saturated rings. The van der Waals surface area contributed by atoms with Gasteiger partial charge >= 0.3 is 5.51 Å². The highest BCUT2D eigenvalue weighted by Gasteiger charge is 2.30. The zero-order valence-corrected chi connectivity index (χ0v) is 8.18. The third-order valence-corrected chi connectivity index (χ3v) is 2.39. The van der Waals surface area contributed by atoms with Crippen LogP contribution in [0.2, 0.25) is 0 Å². The van der Waals surface area contributed by atoms with Crippen LogP contribution in [0.4, 0.5) is 17.6 Å². The highest BCUT2D eigenvalue weighted by atomic mass is 32.2. The molecule has 5 heteroatoms. The molecule has 14 heavy (non-hydrogen) atoms. The molecule has 1 rings (SSSR count). The van der Waals surface area contributed by atoms with Gasteiger partial charge in [-0.05, 0) is 35.9 Å². The molecule has 0 aromatic heterocycles. The number of hydrogen-bond donors (Lipinski definition) is 0. The van der Waals surface area contributed by atoms with Crippen molar-refractivity contribution in [2.45, 2.75) is 23.7 Å². The number of thioether (sulfide) groups is 1. The Morgan fingerprint density at radius 3 is 2.43 bits per heavy atom. The summed E-state index contributed by atoms with van der Waals surface area (Å²) in [7, 11) is 0. The molecule has 0 N–H and O–H groups in total. The van der Waals surface area contributed by atoms with Crippen LogP contribution in [0, 0.1) is 5.82 Å². The number of hydrogen-bond acceptors (Lipinski definition) is 1. The Labute approximate surface area is 83.3 Å². The molecule has 1 aromatic rings. The molecule has 1 aromatic carbocycles. The maximum absolute atomic E-state index is 12.9. The normalized spacial score (nSPS) is 11.8. The van der Waals surface area contributed by atoms with Gasteiger partial charge in [0.2, 0.25) is 0 Å². The van der Waals surface area contributed by atoms with Gasteiger partial charge in [0.1, 0.15) is 5.82 Å². The number of halogens is 4. The van der Waals surface area contributed by atoms with Crippen molar-refractivity contribution < 1.29 is 17.6 Å². The average Bonchev–Trinajstić information content (AvgIpc) is 2.06. The molecule has 0 aliphatic carbocycles. The van der Waals surface area contributed by atoms with E-state index in [1.807, 2.05) is 0 Å². The first kappa shape index (κ1) is 11.4. The van der Waals surface area contributed by atoms with Crippen molar-refractivity contribution in [1.82, 2.24) is 0 Å². The molecular weight excluding hydrogens is 216 g/mol. The second-order valence-electron chi connectivity index (χ2n) is 2.67. The monoisotopic (exact) mass is 224 g/mol. The molecule has 78 valence electrons. The van der Waals surface area contributed by atoms with Crippen molar-refractivity contribution >= 4 is 11.8 Å². The lowest BCUT2D eigenvalue weighted by Crippen LogP contribution is -2.00. The van der Waals surface area contributed by atoms with Gasteiger partial charge < -0.3 is 0 Å². The van der Waals surface area contributed by atoms with Crippen LogP contribution in [-0.4, -0.2) is 5.51 Å². The Bertz CT molecular complexity index is 319. The van der Waals surface area contributed by atoms with Gasteiger partial charge in [0, 0.05) is 0 Å². The lowest BCUT2D eigenvalue weighted by molar-refractivity contribution is -0.0329. The molecule has 0 nitrogen and oxygen atoms in total. The van der Waals surface area contributed by atoms with Crippen LogP contribution in [-0.2, 0) is 6.42 Å². The Morgan fingerprint density at radius 2 is 1.93 bits per heavy atom. The fourth-order valence-corrected chi connectivity index (χ4v) is 1.60. The third kappa shape index (κ3) is 3.21. The maximum atomic E-state index is 12.9. The molecule has 0 aliphatic rings. The van der Waals surface area contributed by atoms with E-state index in [-0.39, 0.29) is 4.90 Å². The molecule has 0 bridgehead atoms. The standard InChI is InChI=1S/C9H8F4S/c1-2-6-3-4-7(10)8(5-6)14-9(11,12)13/h3-5H,2H2,1H3. The van der Waals surface area contributed by atoms with Gasteiger partial charge in [0.05, 0.1) is 4.90 Å². The van der Waals surface area contributed by atoms with Gasteiger partial charge in [0.15, 0.2) is 0 Å². The van der Waals surface area contributed by atoms with Crippen molar-refractivity contribution in [1.29, 1.82) is 0 Å². The van der Waals surface area contributed by atoms with E-state index < -0.39 is 23.1 Å². The van der Waals surface area contributed by atoms with Gasteiger partial charge in [0.25, 0.3) is 0 Å². The first-order chi connectivity index (χ1) is 6.42. The SMILES string of the molecule is CCc1ccc(F)c(SC(F)(F)F)c1. The Kier molecular flexibility index (Phi) is 3.42. The first-order valence-corrected chi connectivity index (χ1v) is 4.78. The molecule has 0 radical (unpaired) electrons. The third-order valence-electron chi connectivity index (χ3n) is 1.63. The smallest absolute Gasteiger partial charge is 0.206 e. The van der Waals surface area contributed by atoms with Crippen LogP contribution in [0.1, 0.15) is 12.5 Å². The number of benzene rings is 1. The molecule has 0 saturated carbocycles. The lowest BCUT2D eigenvalue weighted by Gasteiger charge is -2.07. The molecule has 0 atom stereocenters. The van der Waals surface area contributed by atoms with E-state index in [1.165, 1.54) is 12.1 Å². The number of alkyl halides is 3. The Balaban J connectivity index is 2.95. The zero-order chi connectivity index (χ0) is 10.8. The first-order valence-electron chi connectivity index (χ1n) is 3.96. The maximum Gasteiger partial charge on any atom is 0.446 e. The summed E-state index contributed by atoms with van der Waals surface area (Å²) in [5.74, 6) is -0.829. The summed E-state index contributed by atoms with van der Waals surface area (Å²) < 4.78 is 48.8. The van der Waals surface area contributed by atoms with Gasteiger partial charge in [-0.15, -0.1) is 0 Å². The van der Waals surface area contributed by atoms with Crippen LogP contribution >= 0.6 is 11.8 Å². The fraction of sp³-hybridized carbons (Fsp3) is 0.333.